The number of hydrogen-bond donors (Lipinski definition) is 2. The standard InChI is InChI=1S/C12H21NO4/c1-7(2)10(14)6-5-9(12(16)17)13-11(15)8(3)4/h7-9H,5-6H2,1-4H3,(H,13,15)(H,16,17). The highest BCUT2D eigenvalue weighted by Crippen LogP contribution is 2.06. The highest BCUT2D eigenvalue weighted by Gasteiger charge is 2.22. The molecule has 0 aliphatic carbocycles. The van der Waals surface area contributed by atoms with E-state index in [9.17, 15) is 14.4 Å². The molecule has 17 heavy (non-hydrogen) atoms. The number of carbonyl (C=O) groups excluding carboxylic acids is 2. The Morgan fingerprint density at radius 2 is 1.59 bits per heavy atom. The first-order valence-corrected chi connectivity index (χ1v) is 5.81. The summed E-state index contributed by atoms with van der Waals surface area (Å²) >= 11 is 0. The van der Waals surface area contributed by atoms with Crippen molar-refractivity contribution in [3.05, 3.63) is 0 Å². The molecule has 0 radical (unpaired) electrons. The smallest absolute Gasteiger partial charge is 0.326 e. The molecule has 5 nitrogen and oxygen atoms in total. The lowest BCUT2D eigenvalue weighted by Gasteiger charge is -2.16. The molecule has 0 aromatic rings. The van der Waals surface area contributed by atoms with Crippen molar-refractivity contribution in [2.75, 3.05) is 0 Å². The van der Waals surface area contributed by atoms with Gasteiger partial charge in [-0.25, -0.2) is 4.79 Å². The molecule has 0 saturated carbocycles. The number of carboxylic acids is 1. The van der Waals surface area contributed by atoms with E-state index in [1.165, 1.54) is 0 Å². The van der Waals surface area contributed by atoms with E-state index in [1.54, 1.807) is 27.7 Å². The van der Waals surface area contributed by atoms with Crippen molar-refractivity contribution in [3.63, 3.8) is 0 Å². The number of rotatable bonds is 7. The van der Waals surface area contributed by atoms with Crippen molar-refractivity contribution < 1.29 is 19.5 Å². The van der Waals surface area contributed by atoms with E-state index in [-0.39, 0.29) is 36.4 Å². The van der Waals surface area contributed by atoms with Crippen molar-refractivity contribution in [2.24, 2.45) is 11.8 Å². The van der Waals surface area contributed by atoms with E-state index in [0.29, 0.717) is 0 Å². The largest absolute Gasteiger partial charge is 0.480 e. The lowest BCUT2D eigenvalue weighted by molar-refractivity contribution is -0.142. The van der Waals surface area contributed by atoms with Gasteiger partial charge in [0.25, 0.3) is 0 Å². The highest BCUT2D eigenvalue weighted by molar-refractivity contribution is 5.85. The van der Waals surface area contributed by atoms with Crippen LogP contribution < -0.4 is 5.32 Å². The van der Waals surface area contributed by atoms with Crippen LogP contribution in [0.15, 0.2) is 0 Å². The molecule has 2 N–H and O–H groups in total. The summed E-state index contributed by atoms with van der Waals surface area (Å²) in [5.41, 5.74) is 0. The SMILES string of the molecule is CC(C)C(=O)CCC(NC(=O)C(C)C)C(=O)O. The Morgan fingerprint density at radius 1 is 1.06 bits per heavy atom. The predicted molar refractivity (Wildman–Crippen MR) is 63.5 cm³/mol. The summed E-state index contributed by atoms with van der Waals surface area (Å²) in [5, 5.41) is 11.3. The summed E-state index contributed by atoms with van der Waals surface area (Å²) in [6.45, 7) is 6.91. The molecule has 5 heteroatoms. The molecule has 0 saturated heterocycles. The molecule has 0 aliphatic rings. The molecule has 0 fully saturated rings. The average molecular weight is 243 g/mol. The van der Waals surface area contributed by atoms with Gasteiger partial charge >= 0.3 is 5.97 Å². The number of ketones is 1. The Hall–Kier alpha value is -1.39. The van der Waals surface area contributed by atoms with Crippen LogP contribution in [0.1, 0.15) is 40.5 Å². The molecule has 0 heterocycles. The van der Waals surface area contributed by atoms with E-state index in [2.05, 4.69) is 5.32 Å². The van der Waals surface area contributed by atoms with Crippen LogP contribution in [0.3, 0.4) is 0 Å². The fourth-order valence-electron chi connectivity index (χ4n) is 1.17. The van der Waals surface area contributed by atoms with Crippen molar-refractivity contribution in [3.8, 4) is 0 Å². The van der Waals surface area contributed by atoms with Gasteiger partial charge in [-0.3, -0.25) is 9.59 Å². The minimum Gasteiger partial charge on any atom is -0.480 e. The maximum absolute atomic E-state index is 11.4. The summed E-state index contributed by atoms with van der Waals surface area (Å²) < 4.78 is 0. The topological polar surface area (TPSA) is 83.5 Å². The van der Waals surface area contributed by atoms with Gasteiger partial charge in [-0.05, 0) is 6.42 Å². The van der Waals surface area contributed by atoms with E-state index >= 15 is 0 Å². The van der Waals surface area contributed by atoms with E-state index in [0.717, 1.165) is 0 Å². The molecular formula is C12H21NO4. The number of carboxylic acid groups (broad SMARTS) is 1. The third kappa shape index (κ3) is 6.04. The molecular weight excluding hydrogens is 222 g/mol. The van der Waals surface area contributed by atoms with Gasteiger partial charge in [0.2, 0.25) is 5.91 Å². The third-order valence-corrected chi connectivity index (χ3v) is 2.46. The summed E-state index contributed by atoms with van der Waals surface area (Å²) in [5.74, 6) is -1.78. The monoisotopic (exact) mass is 243 g/mol. The summed E-state index contributed by atoms with van der Waals surface area (Å²) in [6.07, 6.45) is 0.317. The molecule has 1 amide bonds. The second-order valence-corrected chi connectivity index (χ2v) is 4.71. The molecule has 0 spiro atoms. The zero-order valence-corrected chi connectivity index (χ0v) is 10.8. The van der Waals surface area contributed by atoms with Gasteiger partial charge in [-0.2, -0.15) is 0 Å². The van der Waals surface area contributed by atoms with Crippen molar-refractivity contribution >= 4 is 17.7 Å². The van der Waals surface area contributed by atoms with E-state index < -0.39 is 12.0 Å². The Balaban J connectivity index is 4.31. The molecule has 0 aromatic carbocycles. The number of nitrogens with one attached hydrogen (secondary N) is 1. The van der Waals surface area contributed by atoms with Gasteiger partial charge in [0.15, 0.2) is 0 Å². The van der Waals surface area contributed by atoms with Crippen LogP contribution in [0, 0.1) is 11.8 Å². The number of amides is 1. The minimum atomic E-state index is -1.10. The molecule has 0 bridgehead atoms. The third-order valence-electron chi connectivity index (χ3n) is 2.46. The van der Waals surface area contributed by atoms with Gasteiger partial charge in [-0.15, -0.1) is 0 Å². The Bertz CT molecular complexity index is 297. The maximum atomic E-state index is 11.4. The average Bonchev–Trinajstić information content (AvgIpc) is 2.22. The van der Waals surface area contributed by atoms with Gasteiger partial charge in [0, 0.05) is 18.3 Å². The quantitative estimate of drug-likeness (QED) is 0.704. The van der Waals surface area contributed by atoms with E-state index in [4.69, 9.17) is 5.11 Å². The van der Waals surface area contributed by atoms with Crippen LogP contribution in [-0.2, 0) is 14.4 Å². The van der Waals surface area contributed by atoms with Crippen LogP contribution in [0.5, 0.6) is 0 Å². The molecule has 1 unspecified atom stereocenters. The minimum absolute atomic E-state index is 0.00930. The second kappa shape index (κ2) is 7.04. The fourth-order valence-corrected chi connectivity index (χ4v) is 1.17. The van der Waals surface area contributed by atoms with Crippen LogP contribution in [0.2, 0.25) is 0 Å². The molecule has 98 valence electrons. The van der Waals surface area contributed by atoms with Gasteiger partial charge in [0.1, 0.15) is 11.8 Å². The summed E-state index contributed by atoms with van der Waals surface area (Å²) in [7, 11) is 0. The first-order valence-electron chi connectivity index (χ1n) is 5.81. The van der Waals surface area contributed by atoms with Gasteiger partial charge < -0.3 is 10.4 Å². The summed E-state index contributed by atoms with van der Waals surface area (Å²) in [6, 6.07) is -0.979. The van der Waals surface area contributed by atoms with Crippen LogP contribution >= 0.6 is 0 Å². The highest BCUT2D eigenvalue weighted by atomic mass is 16.4. The number of hydrogen-bond acceptors (Lipinski definition) is 3. The van der Waals surface area contributed by atoms with Crippen LogP contribution in [-0.4, -0.2) is 28.8 Å². The maximum Gasteiger partial charge on any atom is 0.326 e. The number of Topliss-reactive ketones (excluding diaryl/α,β-unsaturated/α-hetero) is 1. The molecule has 0 aliphatic heterocycles. The van der Waals surface area contributed by atoms with Crippen LogP contribution in [0.4, 0.5) is 0 Å². The summed E-state index contributed by atoms with van der Waals surface area (Å²) in [4.78, 5) is 33.7. The lowest BCUT2D eigenvalue weighted by atomic mass is 10.0. The zero-order chi connectivity index (χ0) is 13.6. The first-order chi connectivity index (χ1) is 7.75. The van der Waals surface area contributed by atoms with E-state index in [1.807, 2.05) is 0 Å². The van der Waals surface area contributed by atoms with Gasteiger partial charge in [-0.1, -0.05) is 27.7 Å². The zero-order valence-electron chi connectivity index (χ0n) is 10.8. The first kappa shape index (κ1) is 15.6. The van der Waals surface area contributed by atoms with Gasteiger partial charge in [0.05, 0.1) is 0 Å². The van der Waals surface area contributed by atoms with Crippen LogP contribution in [0.25, 0.3) is 0 Å². The molecule has 0 rings (SSSR count). The fraction of sp³-hybridized carbons (Fsp3) is 0.750. The number of aliphatic carboxylic acids is 1. The normalized spacial score (nSPS) is 12.6. The van der Waals surface area contributed by atoms with Crippen molar-refractivity contribution in [2.45, 2.75) is 46.6 Å². The Morgan fingerprint density at radius 3 is 1.94 bits per heavy atom. The van der Waals surface area contributed by atoms with Crippen molar-refractivity contribution in [1.82, 2.24) is 5.32 Å². The lowest BCUT2D eigenvalue weighted by Crippen LogP contribution is -2.43. The predicted octanol–water partition coefficient (Wildman–Crippen LogP) is 1.22. The second-order valence-electron chi connectivity index (χ2n) is 4.71. The molecule has 0 aromatic heterocycles. The molecule has 1 atom stereocenters. The number of carbonyl (C=O) groups is 3. The van der Waals surface area contributed by atoms with Crippen molar-refractivity contribution in [1.29, 1.82) is 0 Å². The Kier molecular flexibility index (Phi) is 6.46. The Labute approximate surface area is 102 Å².